The Bertz CT molecular complexity index is 1670. The smallest absolute Gasteiger partial charge is 0.255 e. The summed E-state index contributed by atoms with van der Waals surface area (Å²) in [6.45, 7) is 3.90. The highest BCUT2D eigenvalue weighted by Gasteiger charge is 2.19. The number of hydrogen-bond acceptors (Lipinski definition) is 6. The van der Waals surface area contributed by atoms with Crippen molar-refractivity contribution in [1.29, 1.82) is 0 Å². The van der Waals surface area contributed by atoms with Crippen molar-refractivity contribution >= 4 is 35.0 Å². The number of anilines is 2. The molecule has 0 saturated carbocycles. The Morgan fingerprint density at radius 1 is 0.829 bits per heavy atom. The summed E-state index contributed by atoms with van der Waals surface area (Å²) in [6.07, 6.45) is 0. The highest BCUT2D eigenvalue weighted by Crippen LogP contribution is 2.33. The van der Waals surface area contributed by atoms with E-state index in [0.29, 0.717) is 33.7 Å². The van der Waals surface area contributed by atoms with Crippen molar-refractivity contribution in [3.8, 4) is 22.8 Å². The summed E-state index contributed by atoms with van der Waals surface area (Å²) in [4.78, 5) is 25.7. The van der Waals surface area contributed by atoms with Gasteiger partial charge in [0.05, 0.1) is 18.6 Å². The minimum absolute atomic E-state index is 0.105. The third-order valence-electron chi connectivity index (χ3n) is 6.39. The molecule has 9 heteroatoms. The molecule has 0 unspecified atom stereocenters. The Labute approximate surface area is 242 Å². The number of methoxy groups -OCH3 is 1. The summed E-state index contributed by atoms with van der Waals surface area (Å²) >= 11 is 1.29. The third kappa shape index (κ3) is 6.47. The normalized spacial score (nSPS) is 10.7. The van der Waals surface area contributed by atoms with Gasteiger partial charge in [0.1, 0.15) is 5.75 Å². The summed E-state index contributed by atoms with van der Waals surface area (Å²) in [5, 5.41) is 15.3. The van der Waals surface area contributed by atoms with Crippen molar-refractivity contribution in [1.82, 2.24) is 14.8 Å². The first-order valence-corrected chi connectivity index (χ1v) is 14.0. The summed E-state index contributed by atoms with van der Waals surface area (Å²) < 4.78 is 7.49. The van der Waals surface area contributed by atoms with Gasteiger partial charge in [-0.3, -0.25) is 14.2 Å². The van der Waals surface area contributed by atoms with Crippen LogP contribution in [0.25, 0.3) is 17.1 Å². The quantitative estimate of drug-likeness (QED) is 0.198. The van der Waals surface area contributed by atoms with Gasteiger partial charge in [0.25, 0.3) is 5.91 Å². The topological polar surface area (TPSA) is 98.1 Å². The minimum atomic E-state index is -0.228. The number of ether oxygens (including phenoxy) is 1. The SMILES string of the molecule is COc1cc(NC(=O)c2ccccc2)c(C)cc1NC(=O)CSc1nnc(-c2ccc(C)cc2)n1-c1ccccc1. The number of nitrogens with zero attached hydrogens (tertiary/aromatic N) is 3. The lowest BCUT2D eigenvalue weighted by molar-refractivity contribution is -0.113. The van der Waals surface area contributed by atoms with Crippen LogP contribution >= 0.6 is 11.8 Å². The molecular weight excluding hydrogens is 534 g/mol. The Morgan fingerprint density at radius 2 is 1.51 bits per heavy atom. The molecule has 0 fully saturated rings. The Balaban J connectivity index is 1.32. The van der Waals surface area contributed by atoms with Gasteiger partial charge < -0.3 is 15.4 Å². The number of carbonyl (C=O) groups excluding carboxylic acids is 2. The Hall–Kier alpha value is -4.89. The van der Waals surface area contributed by atoms with E-state index in [0.717, 1.165) is 22.4 Å². The van der Waals surface area contributed by atoms with E-state index in [1.165, 1.54) is 18.9 Å². The van der Waals surface area contributed by atoms with Crippen LogP contribution in [0.2, 0.25) is 0 Å². The highest BCUT2D eigenvalue weighted by atomic mass is 32.2. The monoisotopic (exact) mass is 563 g/mol. The predicted molar refractivity (Wildman–Crippen MR) is 163 cm³/mol. The van der Waals surface area contributed by atoms with E-state index in [-0.39, 0.29) is 17.6 Å². The van der Waals surface area contributed by atoms with Crippen LogP contribution in [0, 0.1) is 13.8 Å². The van der Waals surface area contributed by atoms with Crippen LogP contribution in [0.1, 0.15) is 21.5 Å². The highest BCUT2D eigenvalue weighted by molar-refractivity contribution is 7.99. The van der Waals surface area contributed by atoms with Crippen molar-refractivity contribution < 1.29 is 14.3 Å². The maximum absolute atomic E-state index is 13.1. The fourth-order valence-corrected chi connectivity index (χ4v) is 5.00. The van der Waals surface area contributed by atoms with Crippen LogP contribution in [0.3, 0.4) is 0 Å². The molecule has 0 saturated heterocycles. The second-order valence-electron chi connectivity index (χ2n) is 9.37. The molecule has 0 aliphatic heterocycles. The van der Waals surface area contributed by atoms with Crippen molar-refractivity contribution in [3.05, 3.63) is 114 Å². The first-order chi connectivity index (χ1) is 19.9. The average molecular weight is 564 g/mol. The van der Waals surface area contributed by atoms with Crippen molar-refractivity contribution in [2.45, 2.75) is 19.0 Å². The number of para-hydroxylation sites is 1. The molecule has 0 radical (unpaired) electrons. The maximum atomic E-state index is 13.1. The van der Waals surface area contributed by atoms with Gasteiger partial charge in [-0.25, -0.2) is 0 Å². The molecule has 1 aromatic heterocycles. The van der Waals surface area contributed by atoms with Crippen molar-refractivity contribution in [2.24, 2.45) is 0 Å². The molecule has 5 rings (SSSR count). The predicted octanol–water partition coefficient (Wildman–Crippen LogP) is 6.54. The summed E-state index contributed by atoms with van der Waals surface area (Å²) in [6, 6.07) is 30.4. The van der Waals surface area contributed by atoms with E-state index >= 15 is 0 Å². The number of rotatable bonds is 9. The maximum Gasteiger partial charge on any atom is 0.255 e. The molecule has 0 bridgehead atoms. The number of hydrogen-bond donors (Lipinski definition) is 2. The largest absolute Gasteiger partial charge is 0.494 e. The Morgan fingerprint density at radius 3 is 2.20 bits per heavy atom. The zero-order valence-corrected chi connectivity index (χ0v) is 23.7. The van der Waals surface area contributed by atoms with Gasteiger partial charge in [-0.1, -0.05) is 78.0 Å². The van der Waals surface area contributed by atoms with Gasteiger partial charge in [-0.05, 0) is 49.7 Å². The van der Waals surface area contributed by atoms with Crippen LogP contribution in [0.5, 0.6) is 5.75 Å². The minimum Gasteiger partial charge on any atom is -0.494 e. The van der Waals surface area contributed by atoms with Gasteiger partial charge >= 0.3 is 0 Å². The molecule has 206 valence electrons. The molecule has 0 aliphatic carbocycles. The van der Waals surface area contributed by atoms with Crippen LogP contribution in [0.4, 0.5) is 11.4 Å². The molecule has 4 aromatic carbocycles. The molecule has 2 N–H and O–H groups in total. The van der Waals surface area contributed by atoms with E-state index in [9.17, 15) is 9.59 Å². The summed E-state index contributed by atoms with van der Waals surface area (Å²) in [5.41, 5.74) is 5.44. The fraction of sp³-hybridized carbons (Fsp3) is 0.125. The second-order valence-corrected chi connectivity index (χ2v) is 10.3. The molecule has 1 heterocycles. The summed E-state index contributed by atoms with van der Waals surface area (Å²) in [7, 11) is 1.52. The van der Waals surface area contributed by atoms with Crippen LogP contribution < -0.4 is 15.4 Å². The molecule has 8 nitrogen and oxygen atoms in total. The third-order valence-corrected chi connectivity index (χ3v) is 7.32. The van der Waals surface area contributed by atoms with Crippen LogP contribution in [0.15, 0.2) is 102 Å². The molecule has 0 aliphatic rings. The standard InChI is InChI=1S/C32H29N5O3S/c1-21-14-16-23(17-15-21)30-35-36-32(37(30)25-12-8-5-9-13-25)41-20-29(38)33-27-18-22(2)26(19-28(27)40-3)34-31(39)24-10-6-4-7-11-24/h4-19H,20H2,1-3H3,(H,33,38)(H,34,39). The van der Waals surface area contributed by atoms with Crippen LogP contribution in [-0.4, -0.2) is 39.4 Å². The molecule has 5 aromatic rings. The zero-order valence-electron chi connectivity index (χ0n) is 22.9. The number of thioether (sulfide) groups is 1. The van der Waals surface area contributed by atoms with Crippen molar-refractivity contribution in [2.75, 3.05) is 23.5 Å². The molecular formula is C32H29N5O3S. The average Bonchev–Trinajstić information content (AvgIpc) is 3.42. The van der Waals surface area contributed by atoms with Gasteiger partial charge in [-0.2, -0.15) is 0 Å². The lowest BCUT2D eigenvalue weighted by Gasteiger charge is -2.15. The number of amides is 2. The van der Waals surface area contributed by atoms with Gasteiger partial charge in [0.15, 0.2) is 11.0 Å². The van der Waals surface area contributed by atoms with Gasteiger partial charge in [-0.15, -0.1) is 10.2 Å². The Kier molecular flexibility index (Phi) is 8.45. The number of benzene rings is 4. The lowest BCUT2D eigenvalue weighted by Crippen LogP contribution is -2.16. The number of nitrogens with one attached hydrogen (secondary N) is 2. The summed E-state index contributed by atoms with van der Waals surface area (Å²) in [5.74, 6) is 0.786. The molecule has 41 heavy (non-hydrogen) atoms. The second kappa shape index (κ2) is 12.5. The van der Waals surface area contributed by atoms with Gasteiger partial charge in [0.2, 0.25) is 5.91 Å². The number of aromatic nitrogens is 3. The van der Waals surface area contributed by atoms with E-state index in [4.69, 9.17) is 4.74 Å². The number of carbonyl (C=O) groups is 2. The lowest BCUT2D eigenvalue weighted by atomic mass is 10.1. The molecule has 0 atom stereocenters. The fourth-order valence-electron chi connectivity index (χ4n) is 4.25. The van der Waals surface area contributed by atoms with E-state index in [2.05, 4.69) is 20.8 Å². The van der Waals surface area contributed by atoms with E-state index < -0.39 is 0 Å². The van der Waals surface area contributed by atoms with E-state index in [1.54, 1.807) is 24.3 Å². The number of aryl methyl sites for hydroxylation is 2. The van der Waals surface area contributed by atoms with E-state index in [1.807, 2.05) is 91.2 Å². The van der Waals surface area contributed by atoms with Crippen LogP contribution in [-0.2, 0) is 4.79 Å². The first-order valence-electron chi connectivity index (χ1n) is 13.0. The first kappa shape index (κ1) is 27.7. The zero-order chi connectivity index (χ0) is 28.8. The molecule has 2 amide bonds. The molecule has 0 spiro atoms. The van der Waals surface area contributed by atoms with Crippen molar-refractivity contribution in [3.63, 3.8) is 0 Å². The van der Waals surface area contributed by atoms with Gasteiger partial charge in [0, 0.05) is 28.6 Å².